The first kappa shape index (κ1) is 15.0. The number of carbonyl (C=O) groups excluding carboxylic acids is 1. The fourth-order valence-electron chi connectivity index (χ4n) is 1.84. The number of halogens is 1. The van der Waals surface area contributed by atoms with Crippen LogP contribution in [0.25, 0.3) is 4.91 Å². The van der Waals surface area contributed by atoms with Crippen LogP contribution in [0.4, 0.5) is 0 Å². The second kappa shape index (κ2) is 6.37. The van der Waals surface area contributed by atoms with Crippen LogP contribution in [0.15, 0.2) is 39.3 Å². The smallest absolute Gasteiger partial charge is 0.331 e. The molecule has 1 N–H and O–H groups in total. The first-order valence-corrected chi connectivity index (χ1v) is 7.79. The van der Waals surface area contributed by atoms with Crippen molar-refractivity contribution in [3.63, 3.8) is 0 Å². The van der Waals surface area contributed by atoms with E-state index >= 15 is 0 Å². The minimum atomic E-state index is -0.915. The molecule has 6 heteroatoms. The molecule has 0 bridgehead atoms. The highest BCUT2D eigenvalue weighted by Crippen LogP contribution is 2.21. The predicted octanol–water partition coefficient (Wildman–Crippen LogP) is 1.87. The number of aliphatic carboxylic acids is 1. The second-order valence-corrected chi connectivity index (χ2v) is 5.96. The average molecular weight is 354 g/mol. The number of nitrogens with zero attached hydrogens (tertiary/aromatic N) is 1. The Labute approximate surface area is 128 Å². The third-order valence-corrected chi connectivity index (χ3v) is 4.51. The maximum atomic E-state index is 11.9. The summed E-state index contributed by atoms with van der Waals surface area (Å²) >= 11 is 4.73. The fraction of sp³-hybridized carbons (Fsp3) is 0.214. The van der Waals surface area contributed by atoms with Gasteiger partial charge in [0.15, 0.2) is 0 Å². The van der Waals surface area contributed by atoms with Crippen molar-refractivity contribution >= 4 is 44.5 Å². The lowest BCUT2D eigenvalue weighted by molar-refractivity contribution is -0.132. The molecule has 20 heavy (non-hydrogen) atoms. The van der Waals surface area contributed by atoms with Gasteiger partial charge in [0.1, 0.15) is 0 Å². The van der Waals surface area contributed by atoms with Crippen molar-refractivity contribution in [1.29, 1.82) is 0 Å². The van der Waals surface area contributed by atoms with E-state index in [1.54, 1.807) is 19.1 Å². The van der Waals surface area contributed by atoms with Gasteiger partial charge in [0.2, 0.25) is 0 Å². The molecule has 0 saturated heterocycles. The zero-order chi connectivity index (χ0) is 14.7. The van der Waals surface area contributed by atoms with Crippen LogP contribution in [0.1, 0.15) is 13.3 Å². The Bertz CT molecular complexity index is 724. The van der Waals surface area contributed by atoms with Crippen LogP contribution in [0.3, 0.4) is 0 Å². The van der Waals surface area contributed by atoms with Gasteiger partial charge in [-0.2, -0.15) is 0 Å². The summed E-state index contributed by atoms with van der Waals surface area (Å²) in [5.74, 6) is -0.742. The maximum Gasteiger partial charge on any atom is 0.331 e. The lowest BCUT2D eigenvalue weighted by Crippen LogP contribution is -2.23. The van der Waals surface area contributed by atoms with Crippen LogP contribution >= 0.6 is 27.7 Å². The first-order chi connectivity index (χ1) is 9.54. The molecule has 1 aliphatic rings. The van der Waals surface area contributed by atoms with Gasteiger partial charge in [0, 0.05) is 21.0 Å². The maximum absolute atomic E-state index is 11.9. The molecule has 104 valence electrons. The molecular weight excluding hydrogens is 342 g/mol. The monoisotopic (exact) mass is 353 g/mol. The van der Waals surface area contributed by atoms with Gasteiger partial charge in [0.05, 0.1) is 10.3 Å². The van der Waals surface area contributed by atoms with Gasteiger partial charge >= 0.3 is 5.97 Å². The van der Waals surface area contributed by atoms with E-state index in [1.807, 2.05) is 12.1 Å². The molecule has 1 aromatic rings. The molecule has 2 rings (SSSR count). The van der Waals surface area contributed by atoms with E-state index in [4.69, 9.17) is 5.11 Å². The van der Waals surface area contributed by atoms with Crippen molar-refractivity contribution < 1.29 is 14.7 Å². The van der Waals surface area contributed by atoms with E-state index in [-0.39, 0.29) is 5.91 Å². The third kappa shape index (κ3) is 3.02. The van der Waals surface area contributed by atoms with Crippen molar-refractivity contribution in [2.75, 3.05) is 5.75 Å². The molecule has 0 atom stereocenters. The normalized spacial score (nSPS) is 14.2. The number of rotatable bonds is 5. The van der Waals surface area contributed by atoms with Crippen LogP contribution in [0, 0.1) is 0 Å². The van der Waals surface area contributed by atoms with Crippen molar-refractivity contribution in [3.05, 3.63) is 44.9 Å². The number of amides is 1. The van der Waals surface area contributed by atoms with Crippen molar-refractivity contribution in [3.8, 4) is 0 Å². The molecule has 4 nitrogen and oxygen atoms in total. The molecule has 0 aliphatic carbocycles. The summed E-state index contributed by atoms with van der Waals surface area (Å²) in [5, 5.41) is 10.4. The molecule has 1 aromatic carbocycles. The molecule has 0 saturated carbocycles. The number of carbonyl (C=O) groups is 2. The fourth-order valence-corrected chi connectivity index (χ4v) is 3.50. The van der Waals surface area contributed by atoms with Gasteiger partial charge in [-0.3, -0.25) is 4.79 Å². The van der Waals surface area contributed by atoms with E-state index < -0.39 is 5.97 Å². The number of hydrogen-bond acceptors (Lipinski definition) is 3. The standard InChI is InChI=1S/C14H12BrNO3S/c1-2-8(14(18)19)6-7-20-12-11-9(15)4-3-5-10(11)16-13(12)17/h3-6H,2,7H2,1H3,(H,18,19)/b8-6+. The summed E-state index contributed by atoms with van der Waals surface area (Å²) in [6, 6.07) is 5.47. The number of carboxylic acid groups (broad SMARTS) is 1. The van der Waals surface area contributed by atoms with Crippen LogP contribution < -0.4 is 10.6 Å². The van der Waals surface area contributed by atoms with E-state index in [1.165, 1.54) is 11.8 Å². The quantitative estimate of drug-likeness (QED) is 0.820. The Kier molecular flexibility index (Phi) is 4.77. The summed E-state index contributed by atoms with van der Waals surface area (Å²) in [7, 11) is 0. The zero-order valence-corrected chi connectivity index (χ0v) is 13.1. The average Bonchev–Trinajstić information content (AvgIpc) is 2.72. The Morgan fingerprint density at radius 2 is 2.25 bits per heavy atom. The second-order valence-electron chi connectivity index (χ2n) is 4.08. The SMILES string of the molecule is CC/C(=C\CSC1=c2c(Br)cccc2=NC1=O)C(=O)O. The topological polar surface area (TPSA) is 66.7 Å². The van der Waals surface area contributed by atoms with Crippen LogP contribution in [-0.4, -0.2) is 22.7 Å². The van der Waals surface area contributed by atoms with Crippen molar-refractivity contribution in [2.24, 2.45) is 4.99 Å². The minimum absolute atomic E-state index is 0.265. The predicted molar refractivity (Wildman–Crippen MR) is 81.8 cm³/mol. The number of fused-ring (bicyclic) bond motifs is 1. The van der Waals surface area contributed by atoms with Gasteiger partial charge in [-0.25, -0.2) is 9.79 Å². The first-order valence-electron chi connectivity index (χ1n) is 6.01. The molecule has 1 heterocycles. The molecule has 1 aliphatic heterocycles. The van der Waals surface area contributed by atoms with Gasteiger partial charge in [-0.15, -0.1) is 11.8 Å². The van der Waals surface area contributed by atoms with Crippen LogP contribution in [0.2, 0.25) is 0 Å². The number of carboxylic acids is 1. The van der Waals surface area contributed by atoms with Crippen molar-refractivity contribution in [1.82, 2.24) is 0 Å². The number of benzene rings is 1. The van der Waals surface area contributed by atoms with Gasteiger partial charge in [0.25, 0.3) is 5.91 Å². The van der Waals surface area contributed by atoms with E-state index in [0.29, 0.717) is 28.0 Å². The van der Waals surface area contributed by atoms with Crippen molar-refractivity contribution in [2.45, 2.75) is 13.3 Å². The summed E-state index contributed by atoms with van der Waals surface area (Å²) < 4.78 is 0.824. The lowest BCUT2D eigenvalue weighted by Gasteiger charge is -2.00. The summed E-state index contributed by atoms with van der Waals surface area (Å²) in [6.45, 7) is 1.79. The van der Waals surface area contributed by atoms with Crippen LogP contribution in [-0.2, 0) is 9.59 Å². The largest absolute Gasteiger partial charge is 0.478 e. The summed E-state index contributed by atoms with van der Waals surface area (Å²) in [4.78, 5) is 27.3. The third-order valence-electron chi connectivity index (χ3n) is 2.85. The number of hydrogen-bond donors (Lipinski definition) is 1. The zero-order valence-electron chi connectivity index (χ0n) is 10.7. The van der Waals surface area contributed by atoms with E-state index in [0.717, 1.165) is 9.69 Å². The molecule has 0 radical (unpaired) electrons. The van der Waals surface area contributed by atoms with E-state index in [9.17, 15) is 9.59 Å². The van der Waals surface area contributed by atoms with Gasteiger partial charge < -0.3 is 5.11 Å². The Balaban J connectivity index is 2.29. The Morgan fingerprint density at radius 1 is 1.50 bits per heavy atom. The highest BCUT2D eigenvalue weighted by molar-refractivity contribution is 9.10. The van der Waals surface area contributed by atoms with Crippen LogP contribution in [0.5, 0.6) is 0 Å². The molecular formula is C14H12BrNO3S. The summed E-state index contributed by atoms with van der Waals surface area (Å²) in [6.07, 6.45) is 2.10. The van der Waals surface area contributed by atoms with E-state index in [2.05, 4.69) is 20.9 Å². The van der Waals surface area contributed by atoms with Gasteiger partial charge in [-0.1, -0.05) is 35.0 Å². The highest BCUT2D eigenvalue weighted by Gasteiger charge is 2.18. The molecule has 0 unspecified atom stereocenters. The lowest BCUT2D eigenvalue weighted by atomic mass is 10.2. The summed E-state index contributed by atoms with van der Waals surface area (Å²) in [5.41, 5.74) is 0.354. The molecule has 0 aromatic heterocycles. The molecule has 0 spiro atoms. The Morgan fingerprint density at radius 3 is 2.90 bits per heavy atom. The highest BCUT2D eigenvalue weighted by atomic mass is 79.9. The number of thioether (sulfide) groups is 1. The molecule has 1 amide bonds. The Hall–Kier alpha value is -1.40. The van der Waals surface area contributed by atoms with Gasteiger partial charge in [-0.05, 0) is 18.6 Å². The minimum Gasteiger partial charge on any atom is -0.478 e. The molecule has 0 fully saturated rings.